The van der Waals surface area contributed by atoms with Crippen LogP contribution in [0, 0.1) is 5.82 Å². The van der Waals surface area contributed by atoms with E-state index < -0.39 is 0 Å². The Hall–Kier alpha value is -2.71. The van der Waals surface area contributed by atoms with Gasteiger partial charge in [-0.05, 0) is 44.1 Å². The fraction of sp³-hybridized carbons (Fsp3) is 0.348. The zero-order valence-corrected chi connectivity index (χ0v) is 18.2. The zero-order valence-electron chi connectivity index (χ0n) is 17.3. The Morgan fingerprint density at radius 1 is 1.00 bits per heavy atom. The number of carbonyl (C=O) groups is 1. The van der Waals surface area contributed by atoms with Crippen LogP contribution in [-0.4, -0.2) is 44.4 Å². The molecular formula is C23H26FN5OS. The second-order valence-electron chi connectivity index (χ2n) is 7.56. The van der Waals surface area contributed by atoms with Gasteiger partial charge in [0.15, 0.2) is 11.0 Å². The van der Waals surface area contributed by atoms with Crippen molar-refractivity contribution in [1.29, 1.82) is 0 Å². The van der Waals surface area contributed by atoms with E-state index in [0.717, 1.165) is 31.1 Å². The third kappa shape index (κ3) is 5.71. The quantitative estimate of drug-likeness (QED) is 0.541. The molecule has 4 rings (SSSR count). The number of halogens is 1. The standard InChI is InChI=1S/C23H26FN5OS/c24-20-12-6-5-9-18(20)15-25-22(30)17-31-23-27-26-21(16-28-13-7-2-8-14-28)29(23)19-10-3-1-4-11-19/h1,3-6,9-12H,2,7-8,13-17H2,(H,25,30). The largest absolute Gasteiger partial charge is 0.351 e. The van der Waals surface area contributed by atoms with Crippen LogP contribution in [0.1, 0.15) is 30.7 Å². The highest BCUT2D eigenvalue weighted by Gasteiger charge is 2.19. The van der Waals surface area contributed by atoms with Crippen LogP contribution >= 0.6 is 11.8 Å². The van der Waals surface area contributed by atoms with Crippen molar-refractivity contribution in [2.24, 2.45) is 0 Å². The molecule has 8 heteroatoms. The highest BCUT2D eigenvalue weighted by molar-refractivity contribution is 7.99. The smallest absolute Gasteiger partial charge is 0.230 e. The summed E-state index contributed by atoms with van der Waals surface area (Å²) < 4.78 is 15.8. The van der Waals surface area contributed by atoms with Crippen LogP contribution in [0.3, 0.4) is 0 Å². The average molecular weight is 440 g/mol. The maximum Gasteiger partial charge on any atom is 0.230 e. The first-order valence-electron chi connectivity index (χ1n) is 10.6. The SMILES string of the molecule is O=C(CSc1nnc(CN2CCCCC2)n1-c1ccccc1)NCc1ccccc1F. The van der Waals surface area contributed by atoms with Crippen LogP contribution in [0.2, 0.25) is 0 Å². The molecule has 0 radical (unpaired) electrons. The maximum absolute atomic E-state index is 13.7. The fourth-order valence-electron chi connectivity index (χ4n) is 3.67. The number of carbonyl (C=O) groups excluding carboxylic acids is 1. The number of amides is 1. The zero-order chi connectivity index (χ0) is 21.5. The fourth-order valence-corrected chi connectivity index (χ4v) is 4.47. The summed E-state index contributed by atoms with van der Waals surface area (Å²) in [6, 6.07) is 16.4. The van der Waals surface area contributed by atoms with Crippen molar-refractivity contribution in [3.8, 4) is 5.69 Å². The van der Waals surface area contributed by atoms with Crippen molar-refractivity contribution in [2.45, 2.75) is 37.5 Å². The first-order chi connectivity index (χ1) is 15.2. The number of para-hydroxylation sites is 1. The summed E-state index contributed by atoms with van der Waals surface area (Å²) in [5.41, 5.74) is 1.45. The van der Waals surface area contributed by atoms with E-state index in [2.05, 4.69) is 20.4 Å². The molecule has 3 aromatic rings. The molecule has 31 heavy (non-hydrogen) atoms. The number of benzene rings is 2. The van der Waals surface area contributed by atoms with Crippen molar-refractivity contribution in [1.82, 2.24) is 25.0 Å². The molecule has 1 amide bonds. The van der Waals surface area contributed by atoms with Crippen molar-refractivity contribution < 1.29 is 9.18 Å². The number of nitrogens with zero attached hydrogens (tertiary/aromatic N) is 4. The minimum Gasteiger partial charge on any atom is -0.351 e. The van der Waals surface area contributed by atoms with Crippen LogP contribution in [0.25, 0.3) is 5.69 Å². The molecule has 0 saturated carbocycles. The highest BCUT2D eigenvalue weighted by Crippen LogP contribution is 2.23. The molecule has 2 heterocycles. The molecule has 0 spiro atoms. The predicted octanol–water partition coefficient (Wildman–Crippen LogP) is 3.80. The topological polar surface area (TPSA) is 63.1 Å². The lowest BCUT2D eigenvalue weighted by atomic mass is 10.1. The summed E-state index contributed by atoms with van der Waals surface area (Å²) in [7, 11) is 0. The third-order valence-corrected chi connectivity index (χ3v) is 6.22. The molecule has 162 valence electrons. The molecule has 1 aliphatic rings. The number of hydrogen-bond acceptors (Lipinski definition) is 5. The molecule has 1 saturated heterocycles. The van der Waals surface area contributed by atoms with Gasteiger partial charge in [0.25, 0.3) is 0 Å². The molecule has 0 unspecified atom stereocenters. The van der Waals surface area contributed by atoms with Gasteiger partial charge in [0.1, 0.15) is 5.82 Å². The summed E-state index contributed by atoms with van der Waals surface area (Å²) in [5, 5.41) is 12.3. The van der Waals surface area contributed by atoms with Gasteiger partial charge in [-0.15, -0.1) is 10.2 Å². The van der Waals surface area contributed by atoms with E-state index in [-0.39, 0.29) is 24.0 Å². The summed E-state index contributed by atoms with van der Waals surface area (Å²) in [4.78, 5) is 14.8. The van der Waals surface area contributed by atoms with Gasteiger partial charge in [-0.25, -0.2) is 4.39 Å². The van der Waals surface area contributed by atoms with Crippen LogP contribution in [-0.2, 0) is 17.9 Å². The lowest BCUT2D eigenvalue weighted by molar-refractivity contribution is -0.118. The van der Waals surface area contributed by atoms with Crippen molar-refractivity contribution >= 4 is 17.7 Å². The Bertz CT molecular complexity index is 1000. The maximum atomic E-state index is 13.7. The molecule has 6 nitrogen and oxygen atoms in total. The number of nitrogens with one attached hydrogen (secondary N) is 1. The van der Waals surface area contributed by atoms with Gasteiger partial charge < -0.3 is 5.32 Å². The van der Waals surface area contributed by atoms with Gasteiger partial charge in [-0.1, -0.05) is 54.6 Å². The number of thioether (sulfide) groups is 1. The van der Waals surface area contributed by atoms with Gasteiger partial charge in [0.2, 0.25) is 5.91 Å². The number of hydrogen-bond donors (Lipinski definition) is 1. The number of likely N-dealkylation sites (tertiary alicyclic amines) is 1. The van der Waals surface area contributed by atoms with E-state index in [1.54, 1.807) is 18.2 Å². The predicted molar refractivity (Wildman–Crippen MR) is 119 cm³/mol. The molecule has 1 fully saturated rings. The average Bonchev–Trinajstić information content (AvgIpc) is 3.20. The van der Waals surface area contributed by atoms with Gasteiger partial charge in [0, 0.05) is 17.8 Å². The van der Waals surface area contributed by atoms with Gasteiger partial charge >= 0.3 is 0 Å². The van der Waals surface area contributed by atoms with E-state index >= 15 is 0 Å². The molecular weight excluding hydrogens is 413 g/mol. The van der Waals surface area contributed by atoms with E-state index in [1.807, 2.05) is 34.9 Å². The Balaban J connectivity index is 1.43. The number of piperidine rings is 1. The monoisotopic (exact) mass is 439 g/mol. The highest BCUT2D eigenvalue weighted by atomic mass is 32.2. The Morgan fingerprint density at radius 2 is 1.74 bits per heavy atom. The summed E-state index contributed by atoms with van der Waals surface area (Å²) >= 11 is 1.34. The van der Waals surface area contributed by atoms with Gasteiger partial charge in [-0.3, -0.25) is 14.3 Å². The first-order valence-corrected chi connectivity index (χ1v) is 11.5. The number of aromatic nitrogens is 3. The minimum atomic E-state index is -0.318. The van der Waals surface area contributed by atoms with E-state index in [1.165, 1.54) is 37.1 Å². The minimum absolute atomic E-state index is 0.164. The Labute approximate surface area is 185 Å². The van der Waals surface area contributed by atoms with E-state index in [9.17, 15) is 9.18 Å². The molecule has 1 N–H and O–H groups in total. The van der Waals surface area contributed by atoms with Crippen molar-refractivity contribution in [2.75, 3.05) is 18.8 Å². The van der Waals surface area contributed by atoms with E-state index in [0.29, 0.717) is 10.7 Å². The van der Waals surface area contributed by atoms with Crippen LogP contribution in [0.5, 0.6) is 0 Å². The van der Waals surface area contributed by atoms with Crippen LogP contribution < -0.4 is 5.32 Å². The van der Waals surface area contributed by atoms with Crippen molar-refractivity contribution in [3.63, 3.8) is 0 Å². The summed E-state index contributed by atoms with van der Waals surface area (Å²) in [6.45, 7) is 3.05. The van der Waals surface area contributed by atoms with Crippen molar-refractivity contribution in [3.05, 3.63) is 71.8 Å². The first kappa shape index (κ1) is 21.5. The molecule has 0 bridgehead atoms. The molecule has 0 atom stereocenters. The lowest BCUT2D eigenvalue weighted by Crippen LogP contribution is -2.30. The second-order valence-corrected chi connectivity index (χ2v) is 8.51. The van der Waals surface area contributed by atoms with Gasteiger partial charge in [-0.2, -0.15) is 0 Å². The Morgan fingerprint density at radius 3 is 2.52 bits per heavy atom. The lowest BCUT2D eigenvalue weighted by Gasteiger charge is -2.26. The summed E-state index contributed by atoms with van der Waals surface area (Å²) in [5.74, 6) is 0.570. The second kappa shape index (κ2) is 10.5. The van der Waals surface area contributed by atoms with Crippen LogP contribution in [0.4, 0.5) is 4.39 Å². The third-order valence-electron chi connectivity index (χ3n) is 5.29. The van der Waals surface area contributed by atoms with Gasteiger partial charge in [0.05, 0.1) is 12.3 Å². The summed E-state index contributed by atoms with van der Waals surface area (Å²) in [6.07, 6.45) is 3.71. The molecule has 1 aliphatic heterocycles. The van der Waals surface area contributed by atoms with E-state index in [4.69, 9.17) is 0 Å². The normalized spacial score (nSPS) is 14.5. The molecule has 1 aromatic heterocycles. The molecule has 2 aromatic carbocycles. The molecule has 0 aliphatic carbocycles. The number of rotatable bonds is 8. The van der Waals surface area contributed by atoms with Crippen LogP contribution in [0.15, 0.2) is 59.8 Å². The Kier molecular flexibility index (Phi) is 7.32.